The van der Waals surface area contributed by atoms with E-state index in [1.807, 2.05) is 6.92 Å². The van der Waals surface area contributed by atoms with Gasteiger partial charge in [0.25, 0.3) is 15.9 Å². The summed E-state index contributed by atoms with van der Waals surface area (Å²) in [6.45, 7) is 2.70. The Morgan fingerprint density at radius 3 is 2.62 bits per heavy atom. The van der Waals surface area contributed by atoms with Crippen LogP contribution in [0.5, 0.6) is 0 Å². The Hall–Kier alpha value is -2.38. The van der Waals surface area contributed by atoms with Crippen LogP contribution >= 0.6 is 0 Å². The zero-order valence-electron chi connectivity index (χ0n) is 14.6. The molecule has 0 aromatic heterocycles. The van der Waals surface area contributed by atoms with E-state index in [-0.39, 0.29) is 17.4 Å². The van der Waals surface area contributed by atoms with Gasteiger partial charge < -0.3 is 10.4 Å². The zero-order valence-corrected chi connectivity index (χ0v) is 15.4. The van der Waals surface area contributed by atoms with Crippen LogP contribution in [0.15, 0.2) is 47.4 Å². The summed E-state index contributed by atoms with van der Waals surface area (Å²) in [6.07, 6.45) is 1.07. The summed E-state index contributed by atoms with van der Waals surface area (Å²) in [7, 11) is -3.61. The summed E-state index contributed by atoms with van der Waals surface area (Å²) < 4.78 is 27.3. The normalized spacial score (nSPS) is 13.5. The minimum atomic E-state index is -3.61. The fourth-order valence-corrected chi connectivity index (χ4v) is 4.49. The van der Waals surface area contributed by atoms with Gasteiger partial charge in [0.05, 0.1) is 10.6 Å². The lowest BCUT2D eigenvalue weighted by Gasteiger charge is -2.20. The Labute approximate surface area is 153 Å². The lowest BCUT2D eigenvalue weighted by molar-refractivity contribution is 0.0951. The molecular formula is C19H22N2O4S. The molecule has 1 aliphatic rings. The number of nitrogens with one attached hydrogen (secondary N) is 1. The summed E-state index contributed by atoms with van der Waals surface area (Å²) in [5.41, 5.74) is 2.96. The van der Waals surface area contributed by atoms with Crippen molar-refractivity contribution in [1.29, 1.82) is 0 Å². The van der Waals surface area contributed by atoms with Crippen molar-refractivity contribution in [2.45, 2.75) is 24.7 Å². The van der Waals surface area contributed by atoms with Crippen molar-refractivity contribution in [3.63, 3.8) is 0 Å². The average Bonchev–Trinajstić information content (AvgIpc) is 3.06. The number of sulfonamides is 1. The van der Waals surface area contributed by atoms with Crippen LogP contribution in [0.1, 0.15) is 27.9 Å². The predicted molar refractivity (Wildman–Crippen MR) is 99.9 cm³/mol. The third-order valence-electron chi connectivity index (χ3n) is 4.42. The summed E-state index contributed by atoms with van der Waals surface area (Å²) >= 11 is 0. The Morgan fingerprint density at radius 1 is 1.19 bits per heavy atom. The van der Waals surface area contributed by atoms with Crippen LogP contribution in [0.2, 0.25) is 0 Å². The summed E-state index contributed by atoms with van der Waals surface area (Å²) in [6, 6.07) is 11.9. The molecule has 2 aromatic rings. The first-order valence-electron chi connectivity index (χ1n) is 8.55. The first-order chi connectivity index (χ1) is 12.4. The first kappa shape index (κ1) is 18.4. The Morgan fingerprint density at radius 2 is 1.92 bits per heavy atom. The molecule has 0 radical (unpaired) electrons. The average molecular weight is 374 g/mol. The molecule has 0 atom stereocenters. The summed E-state index contributed by atoms with van der Waals surface area (Å²) in [4.78, 5) is 12.4. The predicted octanol–water partition coefficient (Wildman–Crippen LogP) is 1.86. The minimum absolute atomic E-state index is 0.0241. The third kappa shape index (κ3) is 3.59. The molecule has 0 saturated heterocycles. The summed E-state index contributed by atoms with van der Waals surface area (Å²) in [5, 5.41) is 11.5. The second-order valence-electron chi connectivity index (χ2n) is 6.32. The monoisotopic (exact) mass is 374 g/mol. The molecule has 0 fully saturated rings. The van der Waals surface area contributed by atoms with Gasteiger partial charge in [0.2, 0.25) is 0 Å². The Balaban J connectivity index is 1.84. The van der Waals surface area contributed by atoms with E-state index in [9.17, 15) is 13.2 Å². The second-order valence-corrected chi connectivity index (χ2v) is 8.18. The van der Waals surface area contributed by atoms with Crippen molar-refractivity contribution in [3.8, 4) is 0 Å². The highest BCUT2D eigenvalue weighted by Crippen LogP contribution is 2.33. The van der Waals surface area contributed by atoms with Crippen LogP contribution in [0.25, 0.3) is 0 Å². The van der Waals surface area contributed by atoms with Crippen LogP contribution in [0.3, 0.4) is 0 Å². The smallest absolute Gasteiger partial charge is 0.264 e. The van der Waals surface area contributed by atoms with Crippen molar-refractivity contribution < 1.29 is 18.3 Å². The number of hydrogen-bond donors (Lipinski definition) is 2. The maximum atomic E-state index is 12.9. The number of carbonyl (C=O) groups excluding carboxylic acids is 1. The molecule has 6 nitrogen and oxygen atoms in total. The quantitative estimate of drug-likeness (QED) is 0.756. The Kier molecular flexibility index (Phi) is 5.29. The maximum Gasteiger partial charge on any atom is 0.264 e. The highest BCUT2D eigenvalue weighted by Gasteiger charge is 2.31. The molecule has 7 heteroatoms. The van der Waals surface area contributed by atoms with Gasteiger partial charge in [-0.3, -0.25) is 9.10 Å². The fourth-order valence-electron chi connectivity index (χ4n) is 2.98. The van der Waals surface area contributed by atoms with E-state index >= 15 is 0 Å². The molecule has 0 spiro atoms. The van der Waals surface area contributed by atoms with Crippen LogP contribution in [-0.4, -0.2) is 39.1 Å². The fraction of sp³-hybridized carbons (Fsp3) is 0.316. The molecule has 3 rings (SSSR count). The highest BCUT2D eigenvalue weighted by atomic mass is 32.2. The van der Waals surface area contributed by atoms with Crippen molar-refractivity contribution in [2.75, 3.05) is 24.0 Å². The molecule has 26 heavy (non-hydrogen) atoms. The molecule has 0 aliphatic carbocycles. The van der Waals surface area contributed by atoms with Gasteiger partial charge in [-0.1, -0.05) is 17.7 Å². The van der Waals surface area contributed by atoms with Crippen LogP contribution in [-0.2, 0) is 16.4 Å². The van der Waals surface area contributed by atoms with E-state index < -0.39 is 10.0 Å². The van der Waals surface area contributed by atoms with Gasteiger partial charge in [0, 0.05) is 25.3 Å². The number of nitrogens with zero attached hydrogens (tertiary/aromatic N) is 1. The van der Waals surface area contributed by atoms with E-state index in [0.29, 0.717) is 37.2 Å². The van der Waals surface area contributed by atoms with Gasteiger partial charge in [-0.2, -0.15) is 0 Å². The molecule has 138 valence electrons. The lowest BCUT2D eigenvalue weighted by Crippen LogP contribution is -2.29. The van der Waals surface area contributed by atoms with Crippen molar-refractivity contribution in [1.82, 2.24) is 5.32 Å². The molecule has 0 bridgehead atoms. The van der Waals surface area contributed by atoms with E-state index in [2.05, 4.69) is 5.32 Å². The number of aliphatic hydroxyl groups is 1. The third-order valence-corrected chi connectivity index (χ3v) is 6.25. The molecule has 2 aromatic carbocycles. The van der Waals surface area contributed by atoms with Gasteiger partial charge in [-0.25, -0.2) is 8.42 Å². The molecule has 1 amide bonds. The standard InChI is InChI=1S/C19H22N2O4S/c1-14-3-6-17(7-4-14)26(24,25)21-11-9-15-13-16(5-8-18(15)21)19(23)20-10-2-12-22/h3-8,13,22H,2,9-12H2,1H3,(H,20,23). The number of fused-ring (bicyclic) bond motifs is 1. The molecule has 1 heterocycles. The van der Waals surface area contributed by atoms with Gasteiger partial charge in [-0.15, -0.1) is 0 Å². The number of amides is 1. The first-order valence-corrected chi connectivity index (χ1v) is 9.99. The molecular weight excluding hydrogens is 352 g/mol. The molecule has 2 N–H and O–H groups in total. The second kappa shape index (κ2) is 7.47. The number of aliphatic hydroxyl groups excluding tert-OH is 1. The zero-order chi connectivity index (χ0) is 18.7. The number of rotatable bonds is 6. The van der Waals surface area contributed by atoms with Gasteiger partial charge in [0.1, 0.15) is 0 Å². The van der Waals surface area contributed by atoms with E-state index in [1.165, 1.54) is 4.31 Å². The summed E-state index contributed by atoms with van der Waals surface area (Å²) in [5.74, 6) is -0.221. The van der Waals surface area contributed by atoms with E-state index in [0.717, 1.165) is 11.1 Å². The van der Waals surface area contributed by atoms with Crippen molar-refractivity contribution in [2.24, 2.45) is 0 Å². The van der Waals surface area contributed by atoms with Crippen LogP contribution in [0, 0.1) is 6.92 Å². The SMILES string of the molecule is Cc1ccc(S(=O)(=O)N2CCc3cc(C(=O)NCCCO)ccc32)cc1. The topological polar surface area (TPSA) is 86.7 Å². The van der Waals surface area contributed by atoms with Crippen LogP contribution in [0.4, 0.5) is 5.69 Å². The molecule has 0 saturated carbocycles. The van der Waals surface area contributed by atoms with Gasteiger partial charge >= 0.3 is 0 Å². The number of carbonyl (C=O) groups is 1. The van der Waals surface area contributed by atoms with Gasteiger partial charge in [-0.05, 0) is 55.7 Å². The van der Waals surface area contributed by atoms with E-state index in [1.54, 1.807) is 42.5 Å². The largest absolute Gasteiger partial charge is 0.396 e. The maximum absolute atomic E-state index is 12.9. The Bertz CT molecular complexity index is 908. The van der Waals surface area contributed by atoms with Crippen molar-refractivity contribution >= 4 is 21.6 Å². The van der Waals surface area contributed by atoms with Crippen molar-refractivity contribution in [3.05, 3.63) is 59.2 Å². The van der Waals surface area contributed by atoms with Gasteiger partial charge in [0.15, 0.2) is 0 Å². The highest BCUT2D eigenvalue weighted by molar-refractivity contribution is 7.92. The minimum Gasteiger partial charge on any atom is -0.396 e. The van der Waals surface area contributed by atoms with E-state index in [4.69, 9.17) is 5.11 Å². The number of benzene rings is 2. The number of hydrogen-bond acceptors (Lipinski definition) is 4. The molecule has 0 unspecified atom stereocenters. The molecule has 1 aliphatic heterocycles. The number of aryl methyl sites for hydroxylation is 1. The lowest BCUT2D eigenvalue weighted by atomic mass is 10.1. The number of anilines is 1. The van der Waals surface area contributed by atoms with Crippen LogP contribution < -0.4 is 9.62 Å².